The van der Waals surface area contributed by atoms with Gasteiger partial charge in [-0.25, -0.2) is 4.98 Å². The number of hydrogen-bond donors (Lipinski definition) is 1. The van der Waals surface area contributed by atoms with Gasteiger partial charge in [0.1, 0.15) is 11.5 Å². The SMILES string of the molecule is COc1ccc(OC)c(CCc2cnc(N)s2)c1. The van der Waals surface area contributed by atoms with E-state index in [4.69, 9.17) is 15.2 Å². The van der Waals surface area contributed by atoms with Crippen molar-refractivity contribution in [3.05, 3.63) is 34.8 Å². The van der Waals surface area contributed by atoms with Crippen molar-refractivity contribution in [2.24, 2.45) is 0 Å². The van der Waals surface area contributed by atoms with Gasteiger partial charge in [0.15, 0.2) is 5.13 Å². The first-order valence-electron chi connectivity index (χ1n) is 5.64. The van der Waals surface area contributed by atoms with Crippen molar-refractivity contribution in [3.8, 4) is 11.5 Å². The number of methoxy groups -OCH3 is 2. The van der Waals surface area contributed by atoms with Gasteiger partial charge in [0.2, 0.25) is 0 Å². The third-order valence-electron chi connectivity index (χ3n) is 2.70. The van der Waals surface area contributed by atoms with Crippen LogP contribution in [-0.4, -0.2) is 19.2 Å². The molecule has 0 unspecified atom stereocenters. The van der Waals surface area contributed by atoms with Crippen molar-refractivity contribution in [2.45, 2.75) is 12.8 Å². The van der Waals surface area contributed by atoms with E-state index >= 15 is 0 Å². The Morgan fingerprint density at radius 3 is 2.67 bits per heavy atom. The second-order valence-electron chi connectivity index (χ2n) is 3.84. The summed E-state index contributed by atoms with van der Waals surface area (Å²) in [5, 5.41) is 0.614. The third kappa shape index (κ3) is 2.92. The van der Waals surface area contributed by atoms with Crippen LogP contribution in [0, 0.1) is 0 Å². The van der Waals surface area contributed by atoms with Crippen LogP contribution in [0.25, 0.3) is 0 Å². The fourth-order valence-electron chi connectivity index (χ4n) is 1.77. The highest BCUT2D eigenvalue weighted by molar-refractivity contribution is 7.15. The highest BCUT2D eigenvalue weighted by Gasteiger charge is 2.06. The Labute approximate surface area is 110 Å². The maximum absolute atomic E-state index is 5.61. The van der Waals surface area contributed by atoms with Crippen LogP contribution in [0.4, 0.5) is 5.13 Å². The number of hydrogen-bond acceptors (Lipinski definition) is 5. The third-order valence-corrected chi connectivity index (χ3v) is 3.59. The first-order valence-corrected chi connectivity index (χ1v) is 6.45. The molecule has 0 aliphatic rings. The van der Waals surface area contributed by atoms with Gasteiger partial charge in [-0.3, -0.25) is 0 Å². The number of ether oxygens (including phenoxy) is 2. The van der Waals surface area contributed by atoms with Gasteiger partial charge in [-0.1, -0.05) is 0 Å². The van der Waals surface area contributed by atoms with Gasteiger partial charge < -0.3 is 15.2 Å². The molecule has 18 heavy (non-hydrogen) atoms. The Bertz CT molecular complexity index is 525. The molecule has 0 bridgehead atoms. The number of nitrogen functional groups attached to an aromatic ring is 1. The molecule has 4 nitrogen and oxygen atoms in total. The second-order valence-corrected chi connectivity index (χ2v) is 4.99. The van der Waals surface area contributed by atoms with Crippen molar-refractivity contribution >= 4 is 16.5 Å². The summed E-state index contributed by atoms with van der Waals surface area (Å²) in [6, 6.07) is 5.82. The summed E-state index contributed by atoms with van der Waals surface area (Å²) in [5.74, 6) is 1.72. The second kappa shape index (κ2) is 5.73. The smallest absolute Gasteiger partial charge is 0.180 e. The Balaban J connectivity index is 2.11. The zero-order chi connectivity index (χ0) is 13.0. The van der Waals surface area contributed by atoms with Crippen LogP contribution in [0.1, 0.15) is 10.4 Å². The molecule has 0 saturated heterocycles. The first kappa shape index (κ1) is 12.7. The molecule has 0 aliphatic heterocycles. The average molecular weight is 264 g/mol. The summed E-state index contributed by atoms with van der Waals surface area (Å²) >= 11 is 1.52. The maximum atomic E-state index is 5.61. The van der Waals surface area contributed by atoms with Crippen molar-refractivity contribution in [2.75, 3.05) is 20.0 Å². The van der Waals surface area contributed by atoms with Gasteiger partial charge in [0.05, 0.1) is 14.2 Å². The first-order chi connectivity index (χ1) is 8.72. The number of aromatic nitrogens is 1. The Morgan fingerprint density at radius 1 is 1.22 bits per heavy atom. The summed E-state index contributed by atoms with van der Waals surface area (Å²) in [5.41, 5.74) is 6.74. The van der Waals surface area contributed by atoms with Crippen molar-refractivity contribution in [1.82, 2.24) is 4.98 Å². The minimum Gasteiger partial charge on any atom is -0.497 e. The molecule has 0 amide bonds. The molecule has 96 valence electrons. The van der Waals surface area contributed by atoms with E-state index in [0.717, 1.165) is 29.9 Å². The van der Waals surface area contributed by atoms with E-state index in [1.165, 1.54) is 16.2 Å². The minimum atomic E-state index is 0.614. The molecule has 2 aromatic rings. The van der Waals surface area contributed by atoms with Crippen molar-refractivity contribution in [3.63, 3.8) is 0 Å². The Kier molecular flexibility index (Phi) is 4.04. The van der Waals surface area contributed by atoms with E-state index in [2.05, 4.69) is 4.98 Å². The fourth-order valence-corrected chi connectivity index (χ4v) is 2.46. The highest BCUT2D eigenvalue weighted by Crippen LogP contribution is 2.26. The normalized spacial score (nSPS) is 10.3. The number of nitrogens with two attached hydrogens (primary N) is 1. The Hall–Kier alpha value is -1.75. The van der Waals surface area contributed by atoms with E-state index < -0.39 is 0 Å². The molecule has 0 fully saturated rings. The minimum absolute atomic E-state index is 0.614. The number of rotatable bonds is 5. The zero-order valence-corrected chi connectivity index (χ0v) is 11.3. The van der Waals surface area contributed by atoms with E-state index in [-0.39, 0.29) is 0 Å². The summed E-state index contributed by atoms with van der Waals surface area (Å²) in [6.45, 7) is 0. The van der Waals surface area contributed by atoms with E-state index in [0.29, 0.717) is 5.13 Å². The molecule has 0 aliphatic carbocycles. The van der Waals surface area contributed by atoms with Crippen LogP contribution >= 0.6 is 11.3 Å². The van der Waals surface area contributed by atoms with E-state index in [1.807, 2.05) is 24.4 Å². The molecule has 0 spiro atoms. The monoisotopic (exact) mass is 264 g/mol. The highest BCUT2D eigenvalue weighted by atomic mass is 32.1. The molecule has 2 N–H and O–H groups in total. The average Bonchev–Trinajstić information content (AvgIpc) is 2.81. The number of thiazole rings is 1. The zero-order valence-electron chi connectivity index (χ0n) is 10.5. The lowest BCUT2D eigenvalue weighted by Gasteiger charge is -2.09. The fraction of sp³-hybridized carbons (Fsp3) is 0.308. The number of benzene rings is 1. The molecular formula is C13H16N2O2S. The quantitative estimate of drug-likeness (QED) is 0.901. The number of aryl methyl sites for hydroxylation is 2. The van der Waals surface area contributed by atoms with Crippen LogP contribution in [-0.2, 0) is 12.8 Å². The summed E-state index contributed by atoms with van der Waals surface area (Å²) in [7, 11) is 3.34. The van der Waals surface area contributed by atoms with Crippen molar-refractivity contribution < 1.29 is 9.47 Å². The van der Waals surface area contributed by atoms with Gasteiger partial charge in [-0.15, -0.1) is 11.3 Å². The lowest BCUT2D eigenvalue weighted by Crippen LogP contribution is -1.95. The standard InChI is InChI=1S/C13H16N2O2S/c1-16-10-4-6-12(17-2)9(7-10)3-5-11-8-15-13(14)18-11/h4,6-8H,3,5H2,1-2H3,(H2,14,15). The van der Waals surface area contributed by atoms with Gasteiger partial charge in [0.25, 0.3) is 0 Å². The molecular weight excluding hydrogens is 248 g/mol. The Morgan fingerprint density at radius 2 is 2.06 bits per heavy atom. The summed E-state index contributed by atoms with van der Waals surface area (Å²) < 4.78 is 10.6. The van der Waals surface area contributed by atoms with Crippen LogP contribution in [0.15, 0.2) is 24.4 Å². The molecule has 1 aromatic heterocycles. The largest absolute Gasteiger partial charge is 0.497 e. The molecule has 5 heteroatoms. The molecule has 0 atom stereocenters. The van der Waals surface area contributed by atoms with Gasteiger partial charge in [-0.2, -0.15) is 0 Å². The van der Waals surface area contributed by atoms with Crippen LogP contribution in [0.2, 0.25) is 0 Å². The maximum Gasteiger partial charge on any atom is 0.180 e. The number of anilines is 1. The molecule has 2 rings (SSSR count). The van der Waals surface area contributed by atoms with Crippen LogP contribution in [0.3, 0.4) is 0 Å². The van der Waals surface area contributed by atoms with E-state index in [9.17, 15) is 0 Å². The molecule has 1 aromatic carbocycles. The molecule has 0 saturated carbocycles. The number of nitrogens with zero attached hydrogens (tertiary/aromatic N) is 1. The molecule has 1 heterocycles. The van der Waals surface area contributed by atoms with Crippen LogP contribution < -0.4 is 15.2 Å². The lowest BCUT2D eigenvalue weighted by atomic mass is 10.1. The lowest BCUT2D eigenvalue weighted by molar-refractivity contribution is 0.398. The summed E-state index contributed by atoms with van der Waals surface area (Å²) in [4.78, 5) is 5.22. The van der Waals surface area contributed by atoms with E-state index in [1.54, 1.807) is 14.2 Å². The van der Waals surface area contributed by atoms with Gasteiger partial charge in [0, 0.05) is 11.1 Å². The topological polar surface area (TPSA) is 57.4 Å². The van der Waals surface area contributed by atoms with Gasteiger partial charge in [-0.05, 0) is 36.6 Å². The van der Waals surface area contributed by atoms with Crippen molar-refractivity contribution in [1.29, 1.82) is 0 Å². The molecule has 0 radical (unpaired) electrons. The predicted octanol–water partition coefficient (Wildman–Crippen LogP) is 2.53. The summed E-state index contributed by atoms with van der Waals surface area (Å²) in [6.07, 6.45) is 3.60. The predicted molar refractivity (Wildman–Crippen MR) is 73.5 cm³/mol. The van der Waals surface area contributed by atoms with Gasteiger partial charge >= 0.3 is 0 Å². The van der Waals surface area contributed by atoms with Crippen LogP contribution in [0.5, 0.6) is 11.5 Å².